The molecule has 2 aliphatic rings. The van der Waals surface area contributed by atoms with Crippen molar-refractivity contribution in [3.8, 4) is 0 Å². The summed E-state index contributed by atoms with van der Waals surface area (Å²) in [6.45, 7) is 6.04. The van der Waals surface area contributed by atoms with E-state index in [2.05, 4.69) is 22.5 Å². The van der Waals surface area contributed by atoms with Crippen LogP contribution in [0.5, 0.6) is 0 Å². The summed E-state index contributed by atoms with van der Waals surface area (Å²) < 4.78 is 0. The SMILES string of the molecule is CCCCNC(=O)N1CCC2(CC1)C(=O)N(CC(=O)N[C@H](C)c1ccccc1)CN2c1ccccc1. The minimum atomic E-state index is -0.757. The molecule has 2 saturated heterocycles. The minimum absolute atomic E-state index is 0.00229. The minimum Gasteiger partial charge on any atom is -0.348 e. The van der Waals surface area contributed by atoms with E-state index in [0.717, 1.165) is 24.1 Å². The van der Waals surface area contributed by atoms with Crippen LogP contribution in [0.15, 0.2) is 60.7 Å². The number of rotatable bonds is 8. The van der Waals surface area contributed by atoms with Gasteiger partial charge in [0.15, 0.2) is 0 Å². The van der Waals surface area contributed by atoms with Gasteiger partial charge in [0.25, 0.3) is 5.91 Å². The first-order chi connectivity index (χ1) is 17.4. The number of piperidine rings is 1. The fourth-order valence-corrected chi connectivity index (χ4v) is 5.17. The van der Waals surface area contributed by atoms with Crippen molar-refractivity contribution in [1.29, 1.82) is 0 Å². The molecule has 2 fully saturated rings. The van der Waals surface area contributed by atoms with E-state index < -0.39 is 5.54 Å². The second-order valence-corrected chi connectivity index (χ2v) is 9.71. The highest BCUT2D eigenvalue weighted by molar-refractivity contribution is 5.96. The van der Waals surface area contributed by atoms with Crippen molar-refractivity contribution in [3.05, 3.63) is 66.2 Å². The lowest BCUT2D eigenvalue weighted by molar-refractivity contribution is -0.137. The highest BCUT2D eigenvalue weighted by Gasteiger charge is 2.54. The van der Waals surface area contributed by atoms with Crippen molar-refractivity contribution in [3.63, 3.8) is 0 Å². The van der Waals surface area contributed by atoms with Crippen LogP contribution in [-0.4, -0.2) is 66.0 Å². The molecule has 1 spiro atoms. The van der Waals surface area contributed by atoms with Crippen LogP contribution in [0.1, 0.15) is 51.1 Å². The molecule has 8 heteroatoms. The molecule has 0 unspecified atom stereocenters. The highest BCUT2D eigenvalue weighted by atomic mass is 16.2. The summed E-state index contributed by atoms with van der Waals surface area (Å²) >= 11 is 0. The van der Waals surface area contributed by atoms with Gasteiger partial charge < -0.3 is 25.3 Å². The zero-order valence-corrected chi connectivity index (χ0v) is 21.3. The molecule has 2 aromatic carbocycles. The quantitative estimate of drug-likeness (QED) is 0.554. The van der Waals surface area contributed by atoms with Crippen LogP contribution in [0, 0.1) is 0 Å². The lowest BCUT2D eigenvalue weighted by atomic mass is 9.85. The van der Waals surface area contributed by atoms with E-state index in [4.69, 9.17) is 0 Å². The molecular weight excluding hydrogens is 454 g/mol. The van der Waals surface area contributed by atoms with Gasteiger partial charge in [0.1, 0.15) is 12.1 Å². The first-order valence-electron chi connectivity index (χ1n) is 12.9. The Balaban J connectivity index is 1.46. The standard InChI is InChI=1S/C28H37N5O3/c1-3-4-17-29-27(36)31-18-15-28(16-19-31)26(35)32(21-33(28)24-13-9-6-10-14-24)20-25(34)30-22(2)23-11-7-5-8-12-23/h5-14,22H,3-4,15-21H2,1-2H3,(H,29,36)(H,30,34)/t22-/m1/s1. The molecule has 1 atom stereocenters. The smallest absolute Gasteiger partial charge is 0.317 e. The van der Waals surface area contributed by atoms with Gasteiger partial charge in [-0.2, -0.15) is 0 Å². The van der Waals surface area contributed by atoms with Crippen molar-refractivity contribution in [2.24, 2.45) is 0 Å². The number of nitrogens with one attached hydrogen (secondary N) is 2. The predicted molar refractivity (Wildman–Crippen MR) is 140 cm³/mol. The summed E-state index contributed by atoms with van der Waals surface area (Å²) in [5, 5.41) is 6.00. The fraction of sp³-hybridized carbons (Fsp3) is 0.464. The normalized spacial score (nSPS) is 17.8. The Bertz CT molecular complexity index is 1040. The largest absolute Gasteiger partial charge is 0.348 e. The zero-order chi connectivity index (χ0) is 25.5. The number of unbranched alkanes of at least 4 members (excludes halogenated alkanes) is 1. The van der Waals surface area contributed by atoms with Crippen molar-refractivity contribution in [1.82, 2.24) is 20.4 Å². The Kier molecular flexibility index (Phi) is 8.13. The van der Waals surface area contributed by atoms with Crippen molar-refractivity contribution in [2.75, 3.05) is 37.7 Å². The summed E-state index contributed by atoms with van der Waals surface area (Å²) in [5.41, 5.74) is 1.21. The number of hydrogen-bond donors (Lipinski definition) is 2. The van der Waals surface area contributed by atoms with E-state index in [-0.39, 0.29) is 30.4 Å². The van der Waals surface area contributed by atoms with Gasteiger partial charge in [0.2, 0.25) is 5.91 Å². The van der Waals surface area contributed by atoms with Gasteiger partial charge in [-0.05, 0) is 43.9 Å². The first kappa shape index (κ1) is 25.5. The van der Waals surface area contributed by atoms with Gasteiger partial charge in [0, 0.05) is 25.3 Å². The molecule has 192 valence electrons. The summed E-state index contributed by atoms with van der Waals surface area (Å²) in [6, 6.07) is 19.4. The van der Waals surface area contributed by atoms with Crippen LogP contribution in [0.4, 0.5) is 10.5 Å². The molecule has 0 aromatic heterocycles. The molecule has 4 rings (SSSR count). The van der Waals surface area contributed by atoms with Crippen LogP contribution >= 0.6 is 0 Å². The molecular formula is C28H37N5O3. The molecule has 2 aromatic rings. The van der Waals surface area contributed by atoms with Crippen molar-refractivity contribution in [2.45, 2.75) is 51.1 Å². The van der Waals surface area contributed by atoms with E-state index in [0.29, 0.717) is 39.1 Å². The van der Waals surface area contributed by atoms with E-state index in [1.807, 2.05) is 67.6 Å². The molecule has 2 heterocycles. The molecule has 2 N–H and O–H groups in total. The number of para-hydroxylation sites is 1. The highest BCUT2D eigenvalue weighted by Crippen LogP contribution is 2.39. The van der Waals surface area contributed by atoms with E-state index in [1.165, 1.54) is 0 Å². The Labute approximate surface area is 213 Å². The molecule has 36 heavy (non-hydrogen) atoms. The number of carbonyl (C=O) groups excluding carboxylic acids is 3. The maximum Gasteiger partial charge on any atom is 0.317 e. The van der Waals surface area contributed by atoms with Crippen LogP contribution < -0.4 is 15.5 Å². The third kappa shape index (κ3) is 5.48. The zero-order valence-electron chi connectivity index (χ0n) is 21.3. The number of carbonyl (C=O) groups is 3. The number of anilines is 1. The molecule has 4 amide bonds. The van der Waals surface area contributed by atoms with Gasteiger partial charge >= 0.3 is 6.03 Å². The van der Waals surface area contributed by atoms with Crippen LogP contribution in [0.3, 0.4) is 0 Å². The number of likely N-dealkylation sites (tertiary alicyclic amines) is 1. The van der Waals surface area contributed by atoms with Gasteiger partial charge in [-0.15, -0.1) is 0 Å². The molecule has 0 bridgehead atoms. The maximum atomic E-state index is 13.8. The van der Waals surface area contributed by atoms with Crippen LogP contribution in [0.25, 0.3) is 0 Å². The van der Waals surface area contributed by atoms with E-state index >= 15 is 0 Å². The van der Waals surface area contributed by atoms with Crippen LogP contribution in [0.2, 0.25) is 0 Å². The summed E-state index contributed by atoms with van der Waals surface area (Å²) in [6.07, 6.45) is 3.03. The first-order valence-corrected chi connectivity index (χ1v) is 12.9. The Morgan fingerprint density at radius 2 is 1.64 bits per heavy atom. The maximum absolute atomic E-state index is 13.8. The monoisotopic (exact) mass is 491 g/mol. The van der Waals surface area contributed by atoms with Gasteiger partial charge in [-0.25, -0.2) is 4.79 Å². The molecule has 8 nitrogen and oxygen atoms in total. The number of hydrogen-bond acceptors (Lipinski definition) is 4. The second kappa shape index (κ2) is 11.5. The van der Waals surface area contributed by atoms with Gasteiger partial charge in [-0.3, -0.25) is 9.59 Å². The topological polar surface area (TPSA) is 85.0 Å². The number of urea groups is 1. The lowest BCUT2D eigenvalue weighted by Crippen LogP contribution is -2.58. The number of benzene rings is 2. The number of nitrogens with zero attached hydrogens (tertiary/aromatic N) is 3. The lowest BCUT2D eigenvalue weighted by Gasteiger charge is -2.43. The summed E-state index contributed by atoms with van der Waals surface area (Å²) in [7, 11) is 0. The molecule has 0 aliphatic carbocycles. The Morgan fingerprint density at radius 1 is 1.00 bits per heavy atom. The third-order valence-electron chi connectivity index (χ3n) is 7.28. The Morgan fingerprint density at radius 3 is 2.28 bits per heavy atom. The average molecular weight is 492 g/mol. The van der Waals surface area contributed by atoms with Gasteiger partial charge in [0.05, 0.1) is 12.7 Å². The van der Waals surface area contributed by atoms with Crippen molar-refractivity contribution < 1.29 is 14.4 Å². The Hall–Kier alpha value is -3.55. The fourth-order valence-electron chi connectivity index (χ4n) is 5.17. The molecule has 2 aliphatic heterocycles. The van der Waals surface area contributed by atoms with E-state index in [9.17, 15) is 14.4 Å². The average Bonchev–Trinajstić information content (AvgIpc) is 3.16. The second-order valence-electron chi connectivity index (χ2n) is 9.71. The summed E-state index contributed by atoms with van der Waals surface area (Å²) in [5.74, 6) is -0.225. The predicted octanol–water partition coefficient (Wildman–Crippen LogP) is 3.51. The van der Waals surface area contributed by atoms with Crippen molar-refractivity contribution >= 4 is 23.5 Å². The van der Waals surface area contributed by atoms with Crippen LogP contribution in [-0.2, 0) is 9.59 Å². The van der Waals surface area contributed by atoms with Gasteiger partial charge in [-0.1, -0.05) is 61.9 Å². The summed E-state index contributed by atoms with van der Waals surface area (Å²) in [4.78, 5) is 44.9. The number of amides is 4. The third-order valence-corrected chi connectivity index (χ3v) is 7.28. The molecule has 0 radical (unpaired) electrons. The van der Waals surface area contributed by atoms with E-state index in [1.54, 1.807) is 9.80 Å². The molecule has 0 saturated carbocycles.